The van der Waals surface area contributed by atoms with Gasteiger partial charge in [-0.3, -0.25) is 10.1 Å². The fourth-order valence-electron chi connectivity index (χ4n) is 16.6. The van der Waals surface area contributed by atoms with Crippen LogP contribution in [0.1, 0.15) is 67.4 Å². The minimum Gasteiger partial charge on any atom is -0.450 e. The molecule has 5 heterocycles. The summed E-state index contributed by atoms with van der Waals surface area (Å²) in [5, 5.41) is 34.3. The van der Waals surface area contributed by atoms with Crippen molar-refractivity contribution in [2.45, 2.75) is 69.2 Å². The zero-order chi connectivity index (χ0) is 92.4. The Labute approximate surface area is 767 Å². The lowest BCUT2D eigenvalue weighted by Gasteiger charge is -2.17. The third kappa shape index (κ3) is 19.9. The van der Waals surface area contributed by atoms with E-state index in [9.17, 15) is 9.59 Å². The van der Waals surface area contributed by atoms with E-state index >= 15 is 0 Å². The number of anilines is 15. The third-order valence-corrected chi connectivity index (χ3v) is 23.3. The Morgan fingerprint density at radius 3 is 1.10 bits per heavy atom. The lowest BCUT2D eigenvalue weighted by atomic mass is 10.0. The van der Waals surface area contributed by atoms with Crippen molar-refractivity contribution in [3.05, 3.63) is 359 Å². The fourth-order valence-corrected chi connectivity index (χ4v) is 16.6. The SMILES string of the molecule is CCOC(=O)Nc1cc(Nc2c3cccc(C)c3nc3c(C(=O)NCCN(C)C)cccc23)ccc1C.Cc1cc(N)cc(Nc2c3ccccc3nc3c(C)cccc23)c1.Cc1cc(N)cc(Nc2c3ccccc3nc3ccccc23)c1.Cc1ccc(N)cc1Nc1c2ccccc2nc2c(C)cccc12.Cc1ccc(Nc2c3ccccc3nc3c(C)cccc23)cc1N. The summed E-state index contributed by atoms with van der Waals surface area (Å²) < 4.78 is 5.04. The monoisotopic (exact) mass is 1740 g/mol. The van der Waals surface area contributed by atoms with E-state index in [1.807, 2.05) is 229 Å². The average Bonchev–Trinajstić information content (AvgIpc) is 0.756. The topological polar surface area (TPSA) is 299 Å². The van der Waals surface area contributed by atoms with Crippen molar-refractivity contribution in [3.8, 4) is 0 Å². The van der Waals surface area contributed by atoms with E-state index in [0.717, 1.165) is 223 Å². The molecule has 0 spiro atoms. The number of nitrogens with one attached hydrogen (secondary N) is 7. The van der Waals surface area contributed by atoms with Crippen LogP contribution in [0, 0.1) is 62.3 Å². The smallest absolute Gasteiger partial charge is 0.411 e. The molecule has 0 fully saturated rings. The standard InChI is InChI=1S/C29H33N5O3.3C21H19N3.C20H17N3/c1-6-37-29(36)32-24-17-20(14-13-18(24)2)31-26-21-10-7-9-19(3)25(21)33-27-22(26)11-8-12-23(27)28(35)30-15-16-34(4)5;1-13-10-15(22)12-16(11-13)23-21-17-7-3-4-9-19(17)24-20-14(2)6-5-8-18(20)21;1-13-10-11-15(12-18(13)22)23-21-16-7-3-4-9-19(16)24-20-14(2)6-5-8-17(20)21;1-13-10-11-15(22)12-19(13)24-21-16-7-3-4-9-18(16)23-20-14(2)6-5-8-17(20)21;1-13-10-14(21)12-15(11-13)22-20-16-6-2-4-8-18(16)23-19-9-5-3-7-17(19)20/h7-14,17H,6,15-16H2,1-5H3,(H,30,35)(H,31,33)(H,32,36);3*3-12H,22H2,1-2H3,(H,23,24);2-12H,21H2,1H3,(H,22,23). The van der Waals surface area contributed by atoms with Crippen LogP contribution in [0.25, 0.3) is 109 Å². The second kappa shape index (κ2) is 39.4. The highest BCUT2D eigenvalue weighted by Gasteiger charge is 2.21. The number of para-hydroxylation sites is 10. The molecule has 132 heavy (non-hydrogen) atoms. The zero-order valence-corrected chi connectivity index (χ0v) is 76.2. The third-order valence-electron chi connectivity index (χ3n) is 23.3. The Kier molecular flexibility index (Phi) is 26.6. The summed E-state index contributed by atoms with van der Waals surface area (Å²) in [6.45, 7) is 21.8. The molecule has 0 bridgehead atoms. The van der Waals surface area contributed by atoms with Gasteiger partial charge in [0.25, 0.3) is 5.91 Å². The maximum absolute atomic E-state index is 13.1. The first-order valence-electron chi connectivity index (χ1n) is 44.1. The molecule has 20 rings (SSSR count). The number of hydrogen-bond acceptors (Lipinski definition) is 18. The van der Waals surface area contributed by atoms with E-state index in [0.29, 0.717) is 29.9 Å². The minimum absolute atomic E-state index is 0.157. The highest BCUT2D eigenvalue weighted by Crippen LogP contribution is 2.42. The van der Waals surface area contributed by atoms with Gasteiger partial charge in [0, 0.05) is 124 Å². The van der Waals surface area contributed by atoms with Crippen LogP contribution in [-0.2, 0) is 4.74 Å². The van der Waals surface area contributed by atoms with Gasteiger partial charge in [-0.05, 0) is 243 Å². The molecule has 2 amide bonds. The number of rotatable bonds is 16. The number of benzene rings is 15. The zero-order valence-electron chi connectivity index (χ0n) is 76.2. The van der Waals surface area contributed by atoms with E-state index in [-0.39, 0.29) is 5.91 Å². The molecule has 0 aliphatic rings. The van der Waals surface area contributed by atoms with E-state index < -0.39 is 6.09 Å². The lowest BCUT2D eigenvalue weighted by Crippen LogP contribution is -2.31. The minimum atomic E-state index is -0.497. The molecule has 0 saturated carbocycles. The van der Waals surface area contributed by atoms with Crippen molar-refractivity contribution in [2.24, 2.45) is 0 Å². The maximum Gasteiger partial charge on any atom is 0.411 e. The molecular formula is C112H107N17O3. The first kappa shape index (κ1) is 89.0. The molecule has 20 aromatic rings. The molecule has 15 aromatic carbocycles. The predicted molar refractivity (Wildman–Crippen MR) is 557 cm³/mol. The number of pyridine rings is 5. The van der Waals surface area contributed by atoms with Gasteiger partial charge in [0.15, 0.2) is 0 Å². The number of aromatic nitrogens is 5. The Morgan fingerprint density at radius 2 is 0.667 bits per heavy atom. The van der Waals surface area contributed by atoms with Gasteiger partial charge in [0.2, 0.25) is 0 Å². The largest absolute Gasteiger partial charge is 0.450 e. The number of fused-ring (bicyclic) bond motifs is 10. The highest BCUT2D eigenvalue weighted by atomic mass is 16.5. The van der Waals surface area contributed by atoms with Crippen LogP contribution >= 0.6 is 0 Å². The molecule has 20 heteroatoms. The Hall–Kier alpha value is -16.5. The molecular weight excluding hydrogens is 1630 g/mol. The van der Waals surface area contributed by atoms with Crippen molar-refractivity contribution in [1.29, 1.82) is 0 Å². The quantitative estimate of drug-likeness (QED) is 0.0316. The van der Waals surface area contributed by atoms with Crippen LogP contribution in [0.2, 0.25) is 0 Å². The number of nitrogen functional groups attached to an aromatic ring is 4. The number of carbonyl (C=O) groups excluding carboxylic acids is 2. The van der Waals surface area contributed by atoms with E-state index in [1.165, 1.54) is 16.7 Å². The summed E-state index contributed by atoms with van der Waals surface area (Å²) in [5.74, 6) is -0.157. The molecule has 0 unspecified atom stereocenters. The number of amides is 2. The van der Waals surface area contributed by atoms with Crippen LogP contribution in [0.4, 0.5) is 90.1 Å². The molecule has 0 aliphatic heterocycles. The van der Waals surface area contributed by atoms with Crippen molar-refractivity contribution < 1.29 is 14.3 Å². The first-order valence-corrected chi connectivity index (χ1v) is 44.1. The summed E-state index contributed by atoms with van der Waals surface area (Å²) in [6.07, 6.45) is -0.497. The molecule has 0 saturated heterocycles. The molecule has 5 aromatic heterocycles. The number of nitrogens with two attached hydrogens (primary N) is 4. The lowest BCUT2D eigenvalue weighted by molar-refractivity contribution is 0.0952. The number of ether oxygens (including phenoxy) is 1. The van der Waals surface area contributed by atoms with Gasteiger partial charge >= 0.3 is 6.09 Å². The van der Waals surface area contributed by atoms with Crippen molar-refractivity contribution in [1.82, 2.24) is 35.1 Å². The number of hydrogen-bond donors (Lipinski definition) is 11. The van der Waals surface area contributed by atoms with Gasteiger partial charge in [0.05, 0.1) is 95.8 Å². The van der Waals surface area contributed by atoms with Gasteiger partial charge < -0.3 is 64.5 Å². The van der Waals surface area contributed by atoms with Crippen LogP contribution in [0.5, 0.6) is 0 Å². The number of likely N-dealkylation sites (N-methyl/N-ethyl adjacent to an activating group) is 1. The molecule has 20 nitrogen and oxygen atoms in total. The van der Waals surface area contributed by atoms with E-state index in [4.69, 9.17) is 52.6 Å². The van der Waals surface area contributed by atoms with Crippen LogP contribution in [0.3, 0.4) is 0 Å². The molecule has 0 aliphatic carbocycles. The van der Waals surface area contributed by atoms with Crippen LogP contribution in [0.15, 0.2) is 303 Å². The van der Waals surface area contributed by atoms with Gasteiger partial charge in [-0.2, -0.15) is 0 Å². The number of aryl methyl sites for hydroxylation is 9. The average molecular weight is 1740 g/mol. The maximum atomic E-state index is 13.1. The van der Waals surface area contributed by atoms with Crippen molar-refractivity contribution >= 4 is 206 Å². The van der Waals surface area contributed by atoms with Crippen molar-refractivity contribution in [3.63, 3.8) is 0 Å². The Balaban J connectivity index is 0.000000122. The summed E-state index contributed by atoms with van der Waals surface area (Å²) >= 11 is 0. The summed E-state index contributed by atoms with van der Waals surface area (Å²) in [4.78, 5) is 51.4. The number of nitrogens with zero attached hydrogens (tertiary/aromatic N) is 6. The summed E-state index contributed by atoms with van der Waals surface area (Å²) in [6, 6.07) is 101. The summed E-state index contributed by atoms with van der Waals surface area (Å²) in [5.41, 5.74) is 57.6. The normalized spacial score (nSPS) is 11.1. The van der Waals surface area contributed by atoms with Gasteiger partial charge in [0.1, 0.15) is 0 Å². The fraction of sp³-hybridized carbons (Fsp3) is 0.134. The second-order valence-electron chi connectivity index (χ2n) is 33.6. The highest BCUT2D eigenvalue weighted by molar-refractivity contribution is 6.17. The molecule has 658 valence electrons. The van der Waals surface area contributed by atoms with Crippen LogP contribution in [-0.4, -0.2) is 75.6 Å². The first-order chi connectivity index (χ1) is 63.9. The molecule has 0 radical (unpaired) electrons. The van der Waals surface area contributed by atoms with Crippen LogP contribution < -0.4 is 60.2 Å². The van der Waals surface area contributed by atoms with Crippen molar-refractivity contribution in [2.75, 3.05) is 88.6 Å². The van der Waals surface area contributed by atoms with E-state index in [1.54, 1.807) is 6.92 Å². The van der Waals surface area contributed by atoms with Gasteiger partial charge in [-0.15, -0.1) is 0 Å². The van der Waals surface area contributed by atoms with Gasteiger partial charge in [-0.1, -0.05) is 194 Å². The summed E-state index contributed by atoms with van der Waals surface area (Å²) in [7, 11) is 3.94. The number of carbonyl (C=O) groups is 2. The second-order valence-corrected chi connectivity index (χ2v) is 33.6. The Bertz CT molecular complexity index is 7720. The molecule has 15 N–H and O–H groups in total. The predicted octanol–water partition coefficient (Wildman–Crippen LogP) is 26.6. The molecule has 0 atom stereocenters. The Morgan fingerprint density at radius 1 is 0.311 bits per heavy atom. The van der Waals surface area contributed by atoms with Gasteiger partial charge in [-0.25, -0.2) is 29.7 Å². The van der Waals surface area contributed by atoms with E-state index in [2.05, 4.69) is 193 Å².